The second kappa shape index (κ2) is 6.19. The fourth-order valence-corrected chi connectivity index (χ4v) is 4.08. The van der Waals surface area contributed by atoms with Crippen molar-refractivity contribution in [3.63, 3.8) is 0 Å². The lowest BCUT2D eigenvalue weighted by atomic mass is 9.97. The second-order valence-electron chi connectivity index (χ2n) is 4.74. The van der Waals surface area contributed by atoms with E-state index in [9.17, 15) is 0 Å². The molecule has 2 aliphatic rings. The normalized spacial score (nSPS) is 24.3. The minimum Gasteiger partial charge on any atom is -0.357 e. The topological polar surface area (TPSA) is 35.8 Å². The highest BCUT2D eigenvalue weighted by Crippen LogP contribution is 2.40. The molecule has 2 nitrogen and oxygen atoms in total. The van der Waals surface area contributed by atoms with Crippen LogP contribution in [0.15, 0.2) is 63.2 Å². The van der Waals surface area contributed by atoms with Crippen molar-refractivity contribution < 1.29 is 0 Å². The summed E-state index contributed by atoms with van der Waals surface area (Å²) in [5, 5.41) is 12.6. The zero-order valence-corrected chi connectivity index (χ0v) is 13.4. The molecule has 1 unspecified atom stereocenters. The summed E-state index contributed by atoms with van der Waals surface area (Å²) in [4.78, 5) is 1.22. The SMILES string of the molecule is N#CCC1=C(Cl)C(=C2CSc3ccccc3N2)C(Cl)C=C1. The van der Waals surface area contributed by atoms with Gasteiger partial charge in [-0.15, -0.1) is 23.4 Å². The largest absolute Gasteiger partial charge is 0.357 e. The molecule has 1 N–H and O–H groups in total. The predicted molar refractivity (Wildman–Crippen MR) is 89.7 cm³/mol. The minimum absolute atomic E-state index is 0.270. The van der Waals surface area contributed by atoms with E-state index >= 15 is 0 Å². The third-order valence-electron chi connectivity index (χ3n) is 3.40. The number of anilines is 1. The number of rotatable bonds is 1. The van der Waals surface area contributed by atoms with Gasteiger partial charge in [0.25, 0.3) is 0 Å². The van der Waals surface area contributed by atoms with E-state index in [-0.39, 0.29) is 5.38 Å². The molecule has 0 saturated heterocycles. The number of para-hydroxylation sites is 1. The number of nitrogens with zero attached hydrogens (tertiary/aromatic N) is 1. The van der Waals surface area contributed by atoms with Gasteiger partial charge >= 0.3 is 0 Å². The Bertz CT molecular complexity index is 713. The van der Waals surface area contributed by atoms with E-state index in [4.69, 9.17) is 28.5 Å². The molecule has 21 heavy (non-hydrogen) atoms. The van der Waals surface area contributed by atoms with Gasteiger partial charge < -0.3 is 5.32 Å². The van der Waals surface area contributed by atoms with Crippen LogP contribution in [0.3, 0.4) is 0 Å². The molecule has 1 heterocycles. The number of nitriles is 1. The fraction of sp³-hybridized carbons (Fsp3) is 0.188. The molecule has 0 spiro atoms. The molecule has 3 rings (SSSR count). The van der Waals surface area contributed by atoms with Crippen molar-refractivity contribution in [3.8, 4) is 6.07 Å². The number of halogens is 2. The Morgan fingerprint density at radius 3 is 3.00 bits per heavy atom. The zero-order valence-electron chi connectivity index (χ0n) is 11.1. The molecule has 0 radical (unpaired) electrons. The first-order chi connectivity index (χ1) is 10.2. The second-order valence-corrected chi connectivity index (χ2v) is 6.60. The summed E-state index contributed by atoms with van der Waals surface area (Å²) in [5.74, 6) is 0.791. The molecule has 0 saturated carbocycles. The maximum atomic E-state index is 8.88. The zero-order chi connectivity index (χ0) is 14.8. The summed E-state index contributed by atoms with van der Waals surface area (Å²) < 4.78 is 0. The molecule has 0 fully saturated rings. The van der Waals surface area contributed by atoms with E-state index in [1.165, 1.54) is 4.90 Å². The number of benzene rings is 1. The van der Waals surface area contributed by atoms with Crippen molar-refractivity contribution >= 4 is 40.7 Å². The van der Waals surface area contributed by atoms with Crippen LogP contribution in [0.2, 0.25) is 0 Å². The minimum atomic E-state index is -0.270. The van der Waals surface area contributed by atoms with E-state index in [0.29, 0.717) is 11.5 Å². The van der Waals surface area contributed by atoms with Gasteiger partial charge in [-0.05, 0) is 17.7 Å². The highest BCUT2D eigenvalue weighted by molar-refractivity contribution is 7.99. The van der Waals surface area contributed by atoms with Crippen LogP contribution in [0.25, 0.3) is 0 Å². The molecular formula is C16H12Cl2N2S. The van der Waals surface area contributed by atoms with Crippen molar-refractivity contribution in [1.82, 2.24) is 0 Å². The van der Waals surface area contributed by atoms with Gasteiger partial charge in [0.05, 0.1) is 28.6 Å². The summed E-state index contributed by atoms with van der Waals surface area (Å²) in [7, 11) is 0. The number of hydrogen-bond acceptors (Lipinski definition) is 3. The third kappa shape index (κ3) is 2.85. The average molecular weight is 335 g/mol. The van der Waals surface area contributed by atoms with E-state index in [1.54, 1.807) is 11.8 Å². The van der Waals surface area contributed by atoms with Gasteiger partial charge in [-0.2, -0.15) is 5.26 Å². The first-order valence-corrected chi connectivity index (χ1v) is 8.31. The van der Waals surface area contributed by atoms with Crippen LogP contribution in [0, 0.1) is 11.3 Å². The molecule has 1 aliphatic heterocycles. The van der Waals surface area contributed by atoms with Crippen molar-refractivity contribution in [2.45, 2.75) is 16.7 Å². The van der Waals surface area contributed by atoms with Crippen molar-refractivity contribution in [2.24, 2.45) is 0 Å². The van der Waals surface area contributed by atoms with E-state index < -0.39 is 0 Å². The molecule has 5 heteroatoms. The van der Waals surface area contributed by atoms with Crippen LogP contribution in [0.1, 0.15) is 6.42 Å². The maximum absolute atomic E-state index is 8.88. The molecule has 1 aromatic carbocycles. The summed E-state index contributed by atoms with van der Waals surface area (Å²) in [6.07, 6.45) is 4.02. The summed E-state index contributed by atoms with van der Waals surface area (Å²) in [6, 6.07) is 10.3. The van der Waals surface area contributed by atoms with Gasteiger partial charge in [-0.3, -0.25) is 0 Å². The van der Waals surface area contributed by atoms with Crippen LogP contribution < -0.4 is 5.32 Å². The molecule has 1 aliphatic carbocycles. The highest BCUT2D eigenvalue weighted by Gasteiger charge is 2.25. The predicted octanol–water partition coefficient (Wildman–Crippen LogP) is 5.04. The maximum Gasteiger partial charge on any atom is 0.0801 e. The standard InChI is InChI=1S/C16H12Cl2N2S/c17-11-6-5-10(7-8-19)16(18)15(11)13-9-21-14-4-2-1-3-12(14)20-13/h1-6,11,20H,7,9H2. The quantitative estimate of drug-likeness (QED) is 0.730. The van der Waals surface area contributed by atoms with Gasteiger partial charge in [0.15, 0.2) is 0 Å². The number of nitrogens with one attached hydrogen (secondary N) is 1. The van der Waals surface area contributed by atoms with Crippen LogP contribution in [0.4, 0.5) is 5.69 Å². The molecule has 1 atom stereocenters. The number of thioether (sulfide) groups is 1. The lowest BCUT2D eigenvalue weighted by molar-refractivity contribution is 1.12. The van der Waals surface area contributed by atoms with E-state index in [2.05, 4.69) is 17.5 Å². The third-order valence-corrected chi connectivity index (χ3v) is 5.31. The van der Waals surface area contributed by atoms with Crippen LogP contribution in [-0.4, -0.2) is 11.1 Å². The summed E-state index contributed by atoms with van der Waals surface area (Å²) in [5.41, 5.74) is 3.79. The van der Waals surface area contributed by atoms with Gasteiger partial charge in [-0.1, -0.05) is 35.9 Å². The monoisotopic (exact) mass is 334 g/mol. The van der Waals surface area contributed by atoms with Crippen LogP contribution in [-0.2, 0) is 0 Å². The number of allylic oxidation sites excluding steroid dienone is 5. The Kier molecular flexibility index (Phi) is 4.30. The molecule has 0 bridgehead atoms. The molecule has 1 aromatic rings. The first kappa shape index (κ1) is 14.6. The Labute approximate surface area is 138 Å². The Balaban J connectivity index is 2.02. The van der Waals surface area contributed by atoms with Crippen molar-refractivity contribution in [2.75, 3.05) is 11.1 Å². The van der Waals surface area contributed by atoms with Crippen LogP contribution in [0.5, 0.6) is 0 Å². The van der Waals surface area contributed by atoms with E-state index in [1.807, 2.05) is 30.4 Å². The smallest absolute Gasteiger partial charge is 0.0801 e. The van der Waals surface area contributed by atoms with Gasteiger partial charge in [0.1, 0.15) is 0 Å². The highest BCUT2D eigenvalue weighted by atomic mass is 35.5. The fourth-order valence-electron chi connectivity index (χ4n) is 2.37. The molecule has 0 amide bonds. The lowest BCUT2D eigenvalue weighted by Gasteiger charge is -2.26. The van der Waals surface area contributed by atoms with Crippen molar-refractivity contribution in [3.05, 3.63) is 58.3 Å². The first-order valence-electron chi connectivity index (χ1n) is 6.51. The van der Waals surface area contributed by atoms with Crippen molar-refractivity contribution in [1.29, 1.82) is 5.26 Å². The van der Waals surface area contributed by atoms with Gasteiger partial charge in [0.2, 0.25) is 0 Å². The summed E-state index contributed by atoms with van der Waals surface area (Å²) in [6.45, 7) is 0. The summed E-state index contributed by atoms with van der Waals surface area (Å²) >= 11 is 14.6. The van der Waals surface area contributed by atoms with Crippen LogP contribution >= 0.6 is 35.0 Å². The Morgan fingerprint density at radius 2 is 2.19 bits per heavy atom. The Hall–Kier alpha value is -1.34. The molecule has 106 valence electrons. The van der Waals surface area contributed by atoms with E-state index in [0.717, 1.165) is 28.3 Å². The number of hydrogen-bond donors (Lipinski definition) is 1. The molecular weight excluding hydrogens is 323 g/mol. The number of alkyl halides is 1. The van der Waals surface area contributed by atoms with Gasteiger partial charge in [0, 0.05) is 21.9 Å². The Morgan fingerprint density at radius 1 is 1.38 bits per heavy atom. The lowest BCUT2D eigenvalue weighted by Crippen LogP contribution is -2.18. The molecule has 0 aromatic heterocycles. The number of fused-ring (bicyclic) bond motifs is 1. The average Bonchev–Trinajstić information content (AvgIpc) is 2.50. The van der Waals surface area contributed by atoms with Gasteiger partial charge in [-0.25, -0.2) is 0 Å².